The Labute approximate surface area is 162 Å². The Hall–Kier alpha value is -1.73. The Morgan fingerprint density at radius 1 is 1.42 bits per heavy atom. The summed E-state index contributed by atoms with van der Waals surface area (Å²) in [7, 11) is 0. The SMILES string of the molecule is CC(=O)NC(CSc1ccc(C)c(Cl)c1)C(=O)N1CCCC(C(N)=O)C1. The van der Waals surface area contributed by atoms with Crippen molar-refractivity contribution < 1.29 is 14.4 Å². The van der Waals surface area contributed by atoms with Gasteiger partial charge in [0.2, 0.25) is 17.7 Å². The van der Waals surface area contributed by atoms with Crippen molar-refractivity contribution >= 4 is 41.1 Å². The van der Waals surface area contributed by atoms with E-state index in [-0.39, 0.29) is 23.6 Å². The number of halogens is 1. The van der Waals surface area contributed by atoms with Crippen LogP contribution in [0.5, 0.6) is 0 Å². The summed E-state index contributed by atoms with van der Waals surface area (Å²) in [6.45, 7) is 4.19. The highest BCUT2D eigenvalue weighted by atomic mass is 35.5. The Balaban J connectivity index is 2.05. The van der Waals surface area contributed by atoms with Crippen LogP contribution in [0.25, 0.3) is 0 Å². The average molecular weight is 398 g/mol. The first-order chi connectivity index (χ1) is 12.3. The molecule has 1 saturated heterocycles. The van der Waals surface area contributed by atoms with E-state index >= 15 is 0 Å². The fourth-order valence-electron chi connectivity index (χ4n) is 2.89. The van der Waals surface area contributed by atoms with E-state index in [1.165, 1.54) is 18.7 Å². The molecule has 0 saturated carbocycles. The Kier molecular flexibility index (Phi) is 7.34. The fourth-order valence-corrected chi connectivity index (χ4v) is 4.09. The molecular formula is C18H24ClN3O3S. The molecule has 1 aromatic carbocycles. The van der Waals surface area contributed by atoms with E-state index in [0.717, 1.165) is 16.9 Å². The molecule has 1 aliphatic rings. The zero-order valence-electron chi connectivity index (χ0n) is 15.0. The molecule has 0 aliphatic carbocycles. The van der Waals surface area contributed by atoms with Gasteiger partial charge in [0.05, 0.1) is 5.92 Å². The monoisotopic (exact) mass is 397 g/mol. The maximum Gasteiger partial charge on any atom is 0.246 e. The van der Waals surface area contributed by atoms with Gasteiger partial charge in [0, 0.05) is 35.7 Å². The van der Waals surface area contributed by atoms with Crippen LogP contribution in [0.4, 0.5) is 0 Å². The van der Waals surface area contributed by atoms with Crippen molar-refractivity contribution in [1.29, 1.82) is 0 Å². The summed E-state index contributed by atoms with van der Waals surface area (Å²) in [6, 6.07) is 5.04. The quantitative estimate of drug-likeness (QED) is 0.718. The van der Waals surface area contributed by atoms with Crippen LogP contribution >= 0.6 is 23.4 Å². The molecule has 2 atom stereocenters. The van der Waals surface area contributed by atoms with Crippen LogP contribution in [0.15, 0.2) is 23.1 Å². The highest BCUT2D eigenvalue weighted by Crippen LogP contribution is 2.26. The molecule has 3 N–H and O–H groups in total. The number of rotatable bonds is 6. The summed E-state index contributed by atoms with van der Waals surface area (Å²) >= 11 is 7.60. The summed E-state index contributed by atoms with van der Waals surface area (Å²) < 4.78 is 0. The van der Waals surface area contributed by atoms with Gasteiger partial charge in [-0.1, -0.05) is 17.7 Å². The number of carbonyl (C=O) groups excluding carboxylic acids is 3. The predicted molar refractivity (Wildman–Crippen MR) is 103 cm³/mol. The number of hydrogen-bond donors (Lipinski definition) is 2. The van der Waals surface area contributed by atoms with Gasteiger partial charge in [0.1, 0.15) is 6.04 Å². The normalized spacial score (nSPS) is 18.3. The minimum Gasteiger partial charge on any atom is -0.369 e. The molecule has 1 fully saturated rings. The molecule has 1 aromatic rings. The molecular weight excluding hydrogens is 374 g/mol. The molecule has 6 nitrogen and oxygen atoms in total. The van der Waals surface area contributed by atoms with Crippen LogP contribution in [0.1, 0.15) is 25.3 Å². The molecule has 26 heavy (non-hydrogen) atoms. The zero-order chi connectivity index (χ0) is 19.3. The zero-order valence-corrected chi connectivity index (χ0v) is 16.5. The summed E-state index contributed by atoms with van der Waals surface area (Å²) in [5.41, 5.74) is 6.37. The van der Waals surface area contributed by atoms with Gasteiger partial charge in [-0.05, 0) is 37.5 Å². The standard InChI is InChI=1S/C18H24ClN3O3S/c1-11-5-6-14(8-15(11)19)26-10-16(21-12(2)23)18(25)22-7-3-4-13(9-22)17(20)24/h5-6,8,13,16H,3-4,7,9-10H2,1-2H3,(H2,20,24)(H,21,23). The number of likely N-dealkylation sites (tertiary alicyclic amines) is 1. The second kappa shape index (κ2) is 9.28. The lowest BCUT2D eigenvalue weighted by atomic mass is 9.97. The van der Waals surface area contributed by atoms with Crippen LogP contribution < -0.4 is 11.1 Å². The molecule has 8 heteroatoms. The second-order valence-electron chi connectivity index (χ2n) is 6.50. The van der Waals surface area contributed by atoms with Crippen molar-refractivity contribution in [3.05, 3.63) is 28.8 Å². The molecule has 1 aliphatic heterocycles. The molecule has 0 aromatic heterocycles. The molecule has 3 amide bonds. The van der Waals surface area contributed by atoms with Gasteiger partial charge >= 0.3 is 0 Å². The first kappa shape index (κ1) is 20.6. The highest BCUT2D eigenvalue weighted by molar-refractivity contribution is 7.99. The van der Waals surface area contributed by atoms with Gasteiger partial charge in [0.25, 0.3) is 0 Å². The first-order valence-corrected chi connectivity index (χ1v) is 9.88. The van der Waals surface area contributed by atoms with Crippen molar-refractivity contribution in [3.8, 4) is 0 Å². The maximum absolute atomic E-state index is 12.9. The van der Waals surface area contributed by atoms with Crippen molar-refractivity contribution in [2.75, 3.05) is 18.8 Å². The smallest absolute Gasteiger partial charge is 0.246 e. The number of nitrogens with zero attached hydrogens (tertiary/aromatic N) is 1. The van der Waals surface area contributed by atoms with E-state index in [0.29, 0.717) is 30.3 Å². The second-order valence-corrected chi connectivity index (χ2v) is 8.00. The van der Waals surface area contributed by atoms with Crippen LogP contribution in [-0.2, 0) is 14.4 Å². The number of nitrogens with one attached hydrogen (secondary N) is 1. The Bertz CT molecular complexity index is 698. The molecule has 0 bridgehead atoms. The number of aryl methyl sites for hydroxylation is 1. The third-order valence-electron chi connectivity index (χ3n) is 4.37. The lowest BCUT2D eigenvalue weighted by Crippen LogP contribution is -2.53. The van der Waals surface area contributed by atoms with E-state index in [4.69, 9.17) is 17.3 Å². The number of thioether (sulfide) groups is 1. The molecule has 2 rings (SSSR count). The summed E-state index contributed by atoms with van der Waals surface area (Å²) in [5.74, 6) is -0.780. The van der Waals surface area contributed by atoms with Crippen molar-refractivity contribution in [2.24, 2.45) is 11.7 Å². The first-order valence-electron chi connectivity index (χ1n) is 8.52. The van der Waals surface area contributed by atoms with Gasteiger partial charge in [-0.15, -0.1) is 11.8 Å². The van der Waals surface area contributed by atoms with E-state index in [1.54, 1.807) is 4.90 Å². The largest absolute Gasteiger partial charge is 0.369 e. The summed E-state index contributed by atoms with van der Waals surface area (Å²) in [6.07, 6.45) is 1.42. The van der Waals surface area contributed by atoms with Crippen LogP contribution in [0, 0.1) is 12.8 Å². The lowest BCUT2D eigenvalue weighted by Gasteiger charge is -2.33. The number of amides is 3. The van der Waals surface area contributed by atoms with Gasteiger partial charge in [-0.25, -0.2) is 0 Å². The van der Waals surface area contributed by atoms with Crippen molar-refractivity contribution in [1.82, 2.24) is 10.2 Å². The minimum atomic E-state index is -0.663. The number of hydrogen-bond acceptors (Lipinski definition) is 4. The van der Waals surface area contributed by atoms with Gasteiger partial charge in [0.15, 0.2) is 0 Å². The Morgan fingerprint density at radius 2 is 2.15 bits per heavy atom. The number of nitrogens with two attached hydrogens (primary N) is 1. The third kappa shape index (κ3) is 5.64. The van der Waals surface area contributed by atoms with Crippen LogP contribution in [0.3, 0.4) is 0 Å². The summed E-state index contributed by atoms with van der Waals surface area (Å²) in [5, 5.41) is 3.38. The molecule has 142 valence electrons. The van der Waals surface area contributed by atoms with Gasteiger partial charge in [-0.2, -0.15) is 0 Å². The predicted octanol–water partition coefficient (Wildman–Crippen LogP) is 1.97. The lowest BCUT2D eigenvalue weighted by molar-refractivity contribution is -0.138. The number of primary amides is 1. The Morgan fingerprint density at radius 3 is 2.77 bits per heavy atom. The van der Waals surface area contributed by atoms with Crippen molar-refractivity contribution in [2.45, 2.75) is 37.6 Å². The molecule has 1 heterocycles. The number of carbonyl (C=O) groups is 3. The average Bonchev–Trinajstić information content (AvgIpc) is 2.60. The van der Waals surface area contributed by atoms with Gasteiger partial charge < -0.3 is 16.0 Å². The van der Waals surface area contributed by atoms with Crippen LogP contribution in [-0.4, -0.2) is 47.5 Å². The fraction of sp³-hybridized carbons (Fsp3) is 0.500. The van der Waals surface area contributed by atoms with E-state index in [9.17, 15) is 14.4 Å². The van der Waals surface area contributed by atoms with E-state index in [1.807, 2.05) is 25.1 Å². The minimum absolute atomic E-state index is 0.183. The molecule has 0 radical (unpaired) electrons. The summed E-state index contributed by atoms with van der Waals surface area (Å²) in [4.78, 5) is 38.4. The highest BCUT2D eigenvalue weighted by Gasteiger charge is 2.31. The topological polar surface area (TPSA) is 92.5 Å². The number of benzene rings is 1. The third-order valence-corrected chi connectivity index (χ3v) is 5.87. The van der Waals surface area contributed by atoms with Gasteiger partial charge in [-0.3, -0.25) is 14.4 Å². The van der Waals surface area contributed by atoms with Crippen LogP contribution in [0.2, 0.25) is 5.02 Å². The number of piperidine rings is 1. The van der Waals surface area contributed by atoms with E-state index in [2.05, 4.69) is 5.32 Å². The maximum atomic E-state index is 12.9. The van der Waals surface area contributed by atoms with Crippen molar-refractivity contribution in [3.63, 3.8) is 0 Å². The van der Waals surface area contributed by atoms with E-state index < -0.39 is 6.04 Å². The molecule has 0 spiro atoms. The molecule has 2 unspecified atom stereocenters.